The third-order valence-electron chi connectivity index (χ3n) is 3.21. The predicted octanol–water partition coefficient (Wildman–Crippen LogP) is 1.88. The van der Waals surface area contributed by atoms with Gasteiger partial charge in [-0.05, 0) is 43.4 Å². The second kappa shape index (κ2) is 4.88. The molecule has 0 spiro atoms. The fourth-order valence-electron chi connectivity index (χ4n) is 2.45. The van der Waals surface area contributed by atoms with Crippen molar-refractivity contribution in [3.05, 3.63) is 29.3 Å². The van der Waals surface area contributed by atoms with Crippen molar-refractivity contribution in [2.75, 3.05) is 11.4 Å². The van der Waals surface area contributed by atoms with Crippen LogP contribution in [0.25, 0.3) is 0 Å². The second-order valence-corrected chi connectivity index (χ2v) is 4.92. The molecular formula is C14H20N2O. The number of hydrogen-bond donors (Lipinski definition) is 1. The third-order valence-corrected chi connectivity index (χ3v) is 3.21. The van der Waals surface area contributed by atoms with Crippen LogP contribution < -0.4 is 10.6 Å². The Morgan fingerprint density at radius 1 is 1.53 bits per heavy atom. The van der Waals surface area contributed by atoms with E-state index in [0.29, 0.717) is 0 Å². The van der Waals surface area contributed by atoms with Gasteiger partial charge in [0.05, 0.1) is 0 Å². The summed E-state index contributed by atoms with van der Waals surface area (Å²) in [6.07, 6.45) is 2.98. The zero-order chi connectivity index (χ0) is 12.4. The molecule has 0 saturated heterocycles. The van der Waals surface area contributed by atoms with Gasteiger partial charge in [0.15, 0.2) is 0 Å². The van der Waals surface area contributed by atoms with E-state index < -0.39 is 0 Å². The van der Waals surface area contributed by atoms with Crippen LogP contribution in [0, 0.1) is 0 Å². The maximum Gasteiger partial charge on any atom is 0.223 e. The molecule has 1 aromatic rings. The number of nitrogens with two attached hydrogens (primary N) is 1. The number of aryl methyl sites for hydroxylation is 1. The van der Waals surface area contributed by atoms with E-state index in [1.807, 2.05) is 11.8 Å². The Bertz CT molecular complexity index is 426. The monoisotopic (exact) mass is 232 g/mol. The van der Waals surface area contributed by atoms with E-state index in [2.05, 4.69) is 18.2 Å². The number of carbonyl (C=O) groups excluding carboxylic acids is 1. The van der Waals surface area contributed by atoms with Crippen molar-refractivity contribution in [3.63, 3.8) is 0 Å². The maximum atomic E-state index is 11.6. The van der Waals surface area contributed by atoms with Crippen molar-refractivity contribution < 1.29 is 4.79 Å². The normalized spacial score (nSPS) is 16.5. The van der Waals surface area contributed by atoms with Crippen LogP contribution in [0.3, 0.4) is 0 Å². The molecule has 3 nitrogen and oxygen atoms in total. The molecule has 0 saturated carbocycles. The average Bonchev–Trinajstić information content (AvgIpc) is 2.27. The van der Waals surface area contributed by atoms with Gasteiger partial charge in [0.2, 0.25) is 5.91 Å². The van der Waals surface area contributed by atoms with E-state index in [-0.39, 0.29) is 11.9 Å². The largest absolute Gasteiger partial charge is 0.328 e. The summed E-state index contributed by atoms with van der Waals surface area (Å²) < 4.78 is 0. The minimum absolute atomic E-state index is 0.129. The van der Waals surface area contributed by atoms with Gasteiger partial charge in [-0.2, -0.15) is 0 Å². The van der Waals surface area contributed by atoms with Crippen molar-refractivity contribution >= 4 is 11.6 Å². The SMILES string of the molecule is CC(=O)N1CCCc2ccc(CC(C)N)cc21. The summed E-state index contributed by atoms with van der Waals surface area (Å²) in [5.41, 5.74) is 9.39. The number of amides is 1. The first kappa shape index (κ1) is 12.1. The molecule has 1 unspecified atom stereocenters. The zero-order valence-electron chi connectivity index (χ0n) is 10.6. The first-order valence-corrected chi connectivity index (χ1v) is 6.23. The summed E-state index contributed by atoms with van der Waals surface area (Å²) >= 11 is 0. The lowest BCUT2D eigenvalue weighted by Gasteiger charge is -2.29. The molecule has 0 fully saturated rings. The molecule has 17 heavy (non-hydrogen) atoms. The number of rotatable bonds is 2. The molecule has 3 heteroatoms. The minimum atomic E-state index is 0.129. The molecule has 1 heterocycles. The predicted molar refractivity (Wildman–Crippen MR) is 70.1 cm³/mol. The molecule has 0 aliphatic carbocycles. The van der Waals surface area contributed by atoms with Crippen LogP contribution in [-0.4, -0.2) is 18.5 Å². The van der Waals surface area contributed by atoms with E-state index in [1.54, 1.807) is 6.92 Å². The van der Waals surface area contributed by atoms with Crippen LogP contribution in [0.2, 0.25) is 0 Å². The summed E-state index contributed by atoms with van der Waals surface area (Å²) in [4.78, 5) is 13.5. The number of fused-ring (bicyclic) bond motifs is 1. The summed E-state index contributed by atoms with van der Waals surface area (Å²) in [5.74, 6) is 0.129. The van der Waals surface area contributed by atoms with Crippen LogP contribution in [0.1, 0.15) is 31.4 Å². The Balaban J connectivity index is 2.33. The molecule has 2 rings (SSSR count). The van der Waals surface area contributed by atoms with Gasteiger partial charge in [-0.25, -0.2) is 0 Å². The summed E-state index contributed by atoms with van der Waals surface area (Å²) in [7, 11) is 0. The smallest absolute Gasteiger partial charge is 0.223 e. The first-order chi connectivity index (χ1) is 8.08. The quantitative estimate of drug-likeness (QED) is 0.846. The van der Waals surface area contributed by atoms with Gasteiger partial charge in [0.1, 0.15) is 0 Å². The molecule has 1 aliphatic heterocycles. The standard InChI is InChI=1S/C14H20N2O/c1-10(15)8-12-5-6-13-4-3-7-16(11(2)17)14(13)9-12/h5-6,9-10H,3-4,7-8,15H2,1-2H3. The number of hydrogen-bond acceptors (Lipinski definition) is 2. The Labute approximate surface area is 103 Å². The Kier molecular flexibility index (Phi) is 3.48. The topological polar surface area (TPSA) is 46.3 Å². The average molecular weight is 232 g/mol. The Hall–Kier alpha value is -1.35. The van der Waals surface area contributed by atoms with E-state index in [4.69, 9.17) is 5.73 Å². The van der Waals surface area contributed by atoms with Gasteiger partial charge >= 0.3 is 0 Å². The lowest BCUT2D eigenvalue weighted by molar-refractivity contribution is -0.116. The van der Waals surface area contributed by atoms with Crippen LogP contribution >= 0.6 is 0 Å². The van der Waals surface area contributed by atoms with Gasteiger partial charge in [-0.1, -0.05) is 12.1 Å². The molecule has 0 aromatic heterocycles. The fraction of sp³-hybridized carbons (Fsp3) is 0.500. The van der Waals surface area contributed by atoms with Crippen LogP contribution in [-0.2, 0) is 17.6 Å². The number of nitrogens with zero attached hydrogens (tertiary/aromatic N) is 1. The molecule has 92 valence electrons. The van der Waals surface area contributed by atoms with Crippen molar-refractivity contribution in [3.8, 4) is 0 Å². The van der Waals surface area contributed by atoms with Gasteiger partial charge < -0.3 is 10.6 Å². The molecule has 0 bridgehead atoms. The van der Waals surface area contributed by atoms with Gasteiger partial charge in [-0.3, -0.25) is 4.79 Å². The highest BCUT2D eigenvalue weighted by molar-refractivity contribution is 5.92. The van der Waals surface area contributed by atoms with Gasteiger partial charge in [-0.15, -0.1) is 0 Å². The molecule has 2 N–H and O–H groups in total. The molecule has 1 aromatic carbocycles. The van der Waals surface area contributed by atoms with Crippen molar-refractivity contribution in [2.24, 2.45) is 5.73 Å². The molecule has 1 amide bonds. The van der Waals surface area contributed by atoms with Crippen molar-refractivity contribution in [1.82, 2.24) is 0 Å². The lowest BCUT2D eigenvalue weighted by atomic mass is 9.97. The van der Waals surface area contributed by atoms with E-state index in [9.17, 15) is 4.79 Å². The van der Waals surface area contributed by atoms with Crippen LogP contribution in [0.5, 0.6) is 0 Å². The van der Waals surface area contributed by atoms with E-state index in [0.717, 1.165) is 31.5 Å². The molecule has 0 radical (unpaired) electrons. The number of carbonyl (C=O) groups is 1. The fourth-order valence-corrected chi connectivity index (χ4v) is 2.45. The highest BCUT2D eigenvalue weighted by atomic mass is 16.2. The van der Waals surface area contributed by atoms with Gasteiger partial charge in [0.25, 0.3) is 0 Å². The highest BCUT2D eigenvalue weighted by Gasteiger charge is 2.20. The second-order valence-electron chi connectivity index (χ2n) is 4.92. The Morgan fingerprint density at radius 3 is 2.94 bits per heavy atom. The highest BCUT2D eigenvalue weighted by Crippen LogP contribution is 2.28. The minimum Gasteiger partial charge on any atom is -0.328 e. The molecule has 1 aliphatic rings. The van der Waals surface area contributed by atoms with Crippen molar-refractivity contribution in [1.29, 1.82) is 0 Å². The van der Waals surface area contributed by atoms with Crippen LogP contribution in [0.15, 0.2) is 18.2 Å². The van der Waals surface area contributed by atoms with E-state index in [1.165, 1.54) is 11.1 Å². The van der Waals surface area contributed by atoms with Crippen molar-refractivity contribution in [2.45, 2.75) is 39.2 Å². The maximum absolute atomic E-state index is 11.6. The van der Waals surface area contributed by atoms with E-state index >= 15 is 0 Å². The number of benzene rings is 1. The number of anilines is 1. The Morgan fingerprint density at radius 2 is 2.29 bits per heavy atom. The van der Waals surface area contributed by atoms with Crippen LogP contribution in [0.4, 0.5) is 5.69 Å². The van der Waals surface area contributed by atoms with Gasteiger partial charge in [0, 0.05) is 25.2 Å². The summed E-state index contributed by atoms with van der Waals surface area (Å²) in [5, 5.41) is 0. The lowest BCUT2D eigenvalue weighted by Crippen LogP contribution is -2.33. The zero-order valence-corrected chi connectivity index (χ0v) is 10.6. The summed E-state index contributed by atoms with van der Waals surface area (Å²) in [6, 6.07) is 6.55. The molecule has 1 atom stereocenters. The first-order valence-electron chi connectivity index (χ1n) is 6.23. The summed E-state index contributed by atoms with van der Waals surface area (Å²) in [6.45, 7) is 4.47. The third kappa shape index (κ3) is 2.67. The molecular weight excluding hydrogens is 212 g/mol.